The summed E-state index contributed by atoms with van der Waals surface area (Å²) < 4.78 is 13.9. The number of likely N-dealkylation sites (tertiary alicyclic amines) is 1. The van der Waals surface area contributed by atoms with E-state index >= 15 is 0 Å². The SMILES string of the molecule is CC(C)N1CCC[C@@H](NC(=O)c2cc(F)cc(Br)c2)C1. The van der Waals surface area contributed by atoms with Gasteiger partial charge in [0.1, 0.15) is 5.82 Å². The van der Waals surface area contributed by atoms with E-state index in [4.69, 9.17) is 0 Å². The molecule has 5 heteroatoms. The van der Waals surface area contributed by atoms with Crippen molar-refractivity contribution in [3.05, 3.63) is 34.1 Å². The number of hydrogen-bond acceptors (Lipinski definition) is 2. The molecular formula is C15H20BrFN2O. The fourth-order valence-electron chi connectivity index (χ4n) is 2.55. The van der Waals surface area contributed by atoms with Crippen molar-refractivity contribution in [1.82, 2.24) is 10.2 Å². The molecule has 1 atom stereocenters. The van der Waals surface area contributed by atoms with Gasteiger partial charge in [0.25, 0.3) is 5.91 Å². The molecule has 3 nitrogen and oxygen atoms in total. The molecule has 0 aromatic heterocycles. The summed E-state index contributed by atoms with van der Waals surface area (Å²) in [5.74, 6) is -0.613. The monoisotopic (exact) mass is 342 g/mol. The van der Waals surface area contributed by atoms with Gasteiger partial charge in [0.15, 0.2) is 0 Å². The summed E-state index contributed by atoms with van der Waals surface area (Å²) in [4.78, 5) is 14.5. The highest BCUT2D eigenvalue weighted by Gasteiger charge is 2.23. The average molecular weight is 343 g/mol. The molecule has 1 aromatic rings. The summed E-state index contributed by atoms with van der Waals surface area (Å²) in [6.45, 7) is 6.26. The predicted octanol–water partition coefficient (Wildman–Crippen LogP) is 3.19. The molecule has 110 valence electrons. The molecule has 0 spiro atoms. The van der Waals surface area contributed by atoms with Gasteiger partial charge in [0.05, 0.1) is 0 Å². The lowest BCUT2D eigenvalue weighted by molar-refractivity contribution is 0.0886. The molecule has 1 saturated heterocycles. The van der Waals surface area contributed by atoms with Gasteiger partial charge in [-0.3, -0.25) is 9.69 Å². The van der Waals surface area contributed by atoms with Crippen molar-refractivity contribution in [3.63, 3.8) is 0 Å². The summed E-state index contributed by atoms with van der Waals surface area (Å²) in [6.07, 6.45) is 2.06. The number of hydrogen-bond donors (Lipinski definition) is 1. The third-order valence-electron chi connectivity index (χ3n) is 3.64. The van der Waals surface area contributed by atoms with Crippen LogP contribution in [0.3, 0.4) is 0 Å². The highest BCUT2D eigenvalue weighted by Crippen LogP contribution is 2.17. The summed E-state index contributed by atoms with van der Waals surface area (Å²) >= 11 is 3.21. The first-order valence-electron chi connectivity index (χ1n) is 6.96. The Labute approximate surface area is 127 Å². The number of rotatable bonds is 3. The van der Waals surface area contributed by atoms with Crippen LogP contribution < -0.4 is 5.32 Å². The Kier molecular flexibility index (Phi) is 5.16. The van der Waals surface area contributed by atoms with Crippen molar-refractivity contribution in [3.8, 4) is 0 Å². The number of nitrogens with one attached hydrogen (secondary N) is 1. The second kappa shape index (κ2) is 6.68. The van der Waals surface area contributed by atoms with E-state index in [1.165, 1.54) is 12.1 Å². The molecule has 1 fully saturated rings. The third-order valence-corrected chi connectivity index (χ3v) is 4.10. The van der Waals surface area contributed by atoms with E-state index < -0.39 is 5.82 Å². The molecule has 0 unspecified atom stereocenters. The van der Waals surface area contributed by atoms with Crippen molar-refractivity contribution in [2.24, 2.45) is 0 Å². The van der Waals surface area contributed by atoms with Crippen molar-refractivity contribution in [2.45, 2.75) is 38.8 Å². The maximum Gasteiger partial charge on any atom is 0.251 e. The molecule has 0 bridgehead atoms. The van der Waals surface area contributed by atoms with Gasteiger partial charge in [-0.05, 0) is 51.4 Å². The largest absolute Gasteiger partial charge is 0.348 e. The minimum absolute atomic E-state index is 0.140. The Balaban J connectivity index is 2.00. The maximum absolute atomic E-state index is 13.3. The summed E-state index contributed by atoms with van der Waals surface area (Å²) in [7, 11) is 0. The Morgan fingerprint density at radius 1 is 1.45 bits per heavy atom. The zero-order valence-electron chi connectivity index (χ0n) is 11.8. The fraction of sp³-hybridized carbons (Fsp3) is 0.533. The maximum atomic E-state index is 13.3. The number of amides is 1. The number of piperidine rings is 1. The van der Waals surface area contributed by atoms with E-state index in [1.807, 2.05) is 0 Å². The number of carbonyl (C=O) groups is 1. The first kappa shape index (κ1) is 15.4. The van der Waals surface area contributed by atoms with Gasteiger partial charge >= 0.3 is 0 Å². The Morgan fingerprint density at radius 3 is 2.85 bits per heavy atom. The molecular weight excluding hydrogens is 323 g/mol. The van der Waals surface area contributed by atoms with Gasteiger partial charge in [-0.25, -0.2) is 4.39 Å². The van der Waals surface area contributed by atoms with E-state index in [-0.39, 0.29) is 11.9 Å². The quantitative estimate of drug-likeness (QED) is 0.914. The first-order valence-corrected chi connectivity index (χ1v) is 7.76. The molecule has 1 aliphatic rings. The second-order valence-electron chi connectivity index (χ2n) is 5.56. The van der Waals surface area contributed by atoms with Crippen molar-refractivity contribution < 1.29 is 9.18 Å². The minimum atomic E-state index is -0.406. The lowest BCUT2D eigenvalue weighted by Gasteiger charge is -2.35. The highest BCUT2D eigenvalue weighted by atomic mass is 79.9. The fourth-order valence-corrected chi connectivity index (χ4v) is 3.01. The second-order valence-corrected chi connectivity index (χ2v) is 6.48. The number of carbonyl (C=O) groups excluding carboxylic acids is 1. The van der Waals surface area contributed by atoms with Gasteiger partial charge in [0.2, 0.25) is 0 Å². The molecule has 0 saturated carbocycles. The van der Waals surface area contributed by atoms with Crippen LogP contribution in [0.1, 0.15) is 37.0 Å². The van der Waals surface area contributed by atoms with Gasteiger partial charge in [-0.2, -0.15) is 0 Å². The van der Waals surface area contributed by atoms with Crippen molar-refractivity contribution in [1.29, 1.82) is 0 Å². The van der Waals surface area contributed by atoms with Crippen LogP contribution in [0, 0.1) is 5.82 Å². The standard InChI is InChI=1S/C15H20BrFN2O/c1-10(2)19-5-3-4-14(9-19)18-15(20)11-6-12(16)8-13(17)7-11/h6-8,10,14H,3-5,9H2,1-2H3,(H,18,20)/t14-/m1/s1. The number of halogens is 2. The zero-order valence-corrected chi connectivity index (χ0v) is 13.4. The minimum Gasteiger partial charge on any atom is -0.348 e. The van der Waals surface area contributed by atoms with Crippen LogP contribution in [-0.2, 0) is 0 Å². The number of nitrogens with zero attached hydrogens (tertiary/aromatic N) is 1. The predicted molar refractivity (Wildman–Crippen MR) is 81.3 cm³/mol. The van der Waals surface area contributed by atoms with Crippen LogP contribution >= 0.6 is 15.9 Å². The summed E-state index contributed by atoms with van der Waals surface area (Å²) in [5, 5.41) is 3.01. The molecule has 2 rings (SSSR count). The van der Waals surface area contributed by atoms with E-state index in [1.54, 1.807) is 6.07 Å². The topological polar surface area (TPSA) is 32.3 Å². The Bertz CT molecular complexity index is 473. The molecule has 20 heavy (non-hydrogen) atoms. The smallest absolute Gasteiger partial charge is 0.251 e. The lowest BCUT2D eigenvalue weighted by atomic mass is 10.0. The van der Waals surface area contributed by atoms with Crippen LogP contribution in [0.5, 0.6) is 0 Å². The van der Waals surface area contributed by atoms with Crippen molar-refractivity contribution in [2.75, 3.05) is 13.1 Å². The van der Waals surface area contributed by atoms with Gasteiger partial charge in [-0.15, -0.1) is 0 Å². The van der Waals surface area contributed by atoms with Gasteiger partial charge < -0.3 is 5.32 Å². The van der Waals surface area contributed by atoms with Crippen LogP contribution in [0.4, 0.5) is 4.39 Å². The van der Waals surface area contributed by atoms with E-state index in [0.717, 1.165) is 25.9 Å². The normalized spacial score (nSPS) is 20.1. The van der Waals surface area contributed by atoms with Crippen LogP contribution in [-0.4, -0.2) is 36.0 Å². The van der Waals surface area contributed by atoms with E-state index in [2.05, 4.69) is 40.0 Å². The van der Waals surface area contributed by atoms with Gasteiger partial charge in [0, 0.05) is 28.7 Å². The third kappa shape index (κ3) is 4.03. The lowest BCUT2D eigenvalue weighted by Crippen LogP contribution is -2.49. The van der Waals surface area contributed by atoms with Crippen LogP contribution in [0.2, 0.25) is 0 Å². The first-order chi connectivity index (χ1) is 9.45. The summed E-state index contributed by atoms with van der Waals surface area (Å²) in [5.41, 5.74) is 0.360. The van der Waals surface area contributed by atoms with Crippen molar-refractivity contribution >= 4 is 21.8 Å². The Morgan fingerprint density at radius 2 is 2.20 bits per heavy atom. The molecule has 0 radical (unpaired) electrons. The average Bonchev–Trinajstić information content (AvgIpc) is 2.37. The van der Waals surface area contributed by atoms with E-state index in [0.29, 0.717) is 16.1 Å². The van der Waals surface area contributed by atoms with Gasteiger partial charge in [-0.1, -0.05) is 15.9 Å². The van der Waals surface area contributed by atoms with Crippen LogP contribution in [0.15, 0.2) is 22.7 Å². The zero-order chi connectivity index (χ0) is 14.7. The number of benzene rings is 1. The van der Waals surface area contributed by atoms with Crippen LogP contribution in [0.25, 0.3) is 0 Å². The summed E-state index contributed by atoms with van der Waals surface area (Å²) in [6, 6.07) is 4.88. The molecule has 0 aliphatic carbocycles. The highest BCUT2D eigenvalue weighted by molar-refractivity contribution is 9.10. The molecule has 1 aromatic carbocycles. The molecule has 1 N–H and O–H groups in total. The van der Waals surface area contributed by atoms with E-state index in [9.17, 15) is 9.18 Å². The Hall–Kier alpha value is -0.940. The molecule has 1 amide bonds. The molecule has 1 aliphatic heterocycles. The molecule has 1 heterocycles.